The second-order valence-corrected chi connectivity index (χ2v) is 6.92. The maximum Gasteiger partial charge on any atom is 0.273 e. The van der Waals surface area contributed by atoms with Gasteiger partial charge in [-0.2, -0.15) is 0 Å². The third-order valence-electron chi connectivity index (χ3n) is 4.44. The molecular weight excluding hydrogens is 364 g/mol. The number of aromatic nitrogens is 2. The van der Waals surface area contributed by atoms with Gasteiger partial charge >= 0.3 is 0 Å². The van der Waals surface area contributed by atoms with Gasteiger partial charge in [-0.3, -0.25) is 14.6 Å². The Morgan fingerprint density at radius 3 is 2.34 bits per heavy atom. The van der Waals surface area contributed by atoms with E-state index >= 15 is 0 Å². The van der Waals surface area contributed by atoms with E-state index in [2.05, 4.69) is 15.3 Å². The van der Waals surface area contributed by atoms with E-state index in [1.54, 1.807) is 29.3 Å². The minimum atomic E-state index is -0.343. The molecule has 0 fully saturated rings. The van der Waals surface area contributed by atoms with Crippen LogP contribution in [0.25, 0.3) is 0 Å². The predicted molar refractivity (Wildman–Crippen MR) is 111 cm³/mol. The summed E-state index contributed by atoms with van der Waals surface area (Å²) in [5.41, 5.74) is 2.25. The monoisotopic (exact) mass is 388 g/mol. The van der Waals surface area contributed by atoms with Gasteiger partial charge in [0, 0.05) is 18.8 Å². The van der Waals surface area contributed by atoms with Crippen molar-refractivity contribution in [2.75, 3.05) is 0 Å². The smallest absolute Gasteiger partial charge is 0.273 e. The Hall–Kier alpha value is -3.54. The number of rotatable bonds is 7. The highest BCUT2D eigenvalue weighted by Gasteiger charge is 2.21. The first kappa shape index (κ1) is 20.2. The van der Waals surface area contributed by atoms with E-state index < -0.39 is 0 Å². The number of nitrogens with zero attached hydrogens (tertiary/aromatic N) is 3. The van der Waals surface area contributed by atoms with Crippen molar-refractivity contribution in [1.82, 2.24) is 20.2 Å². The Bertz CT molecular complexity index is 959. The molecule has 0 saturated heterocycles. The van der Waals surface area contributed by atoms with Crippen molar-refractivity contribution in [3.8, 4) is 0 Å². The average Bonchev–Trinajstić information content (AvgIpc) is 2.76. The number of carbonyl (C=O) groups excluding carboxylic acids is 2. The Morgan fingerprint density at radius 1 is 0.931 bits per heavy atom. The summed E-state index contributed by atoms with van der Waals surface area (Å²) in [6, 6.07) is 20.2. The summed E-state index contributed by atoms with van der Waals surface area (Å²) in [5.74, 6) is -0.548. The molecule has 0 bridgehead atoms. The lowest BCUT2D eigenvalue weighted by molar-refractivity contribution is 0.0684. The molecule has 0 aliphatic heterocycles. The summed E-state index contributed by atoms with van der Waals surface area (Å²) in [7, 11) is 0. The number of hydrogen-bond acceptors (Lipinski definition) is 4. The number of pyridine rings is 2. The van der Waals surface area contributed by atoms with Crippen molar-refractivity contribution < 1.29 is 9.59 Å². The van der Waals surface area contributed by atoms with Gasteiger partial charge in [0.05, 0.1) is 12.2 Å². The lowest BCUT2D eigenvalue weighted by Crippen LogP contribution is -2.37. The number of carbonyl (C=O) groups is 2. The van der Waals surface area contributed by atoms with E-state index in [0.717, 1.165) is 11.3 Å². The highest BCUT2D eigenvalue weighted by molar-refractivity contribution is 5.96. The zero-order valence-electron chi connectivity index (χ0n) is 16.6. The molecule has 0 spiro atoms. The van der Waals surface area contributed by atoms with E-state index in [9.17, 15) is 9.59 Å². The van der Waals surface area contributed by atoms with E-state index in [1.807, 2.05) is 62.4 Å². The van der Waals surface area contributed by atoms with Crippen LogP contribution in [-0.4, -0.2) is 32.7 Å². The van der Waals surface area contributed by atoms with Crippen LogP contribution in [0.3, 0.4) is 0 Å². The van der Waals surface area contributed by atoms with Crippen LogP contribution in [0.1, 0.15) is 46.1 Å². The third-order valence-corrected chi connectivity index (χ3v) is 4.44. The zero-order chi connectivity index (χ0) is 20.6. The summed E-state index contributed by atoms with van der Waals surface area (Å²) in [4.78, 5) is 35.8. The minimum Gasteiger partial charge on any atom is -0.345 e. The molecule has 0 saturated carbocycles. The molecule has 0 aliphatic carbocycles. The molecule has 6 heteroatoms. The molecule has 6 nitrogen and oxygen atoms in total. The molecule has 3 rings (SSSR count). The second kappa shape index (κ2) is 9.59. The molecule has 2 amide bonds. The second-order valence-electron chi connectivity index (χ2n) is 6.92. The summed E-state index contributed by atoms with van der Waals surface area (Å²) in [6.45, 7) is 4.70. The maximum atomic E-state index is 13.1. The van der Waals surface area contributed by atoms with Crippen molar-refractivity contribution in [2.45, 2.75) is 33.0 Å². The van der Waals surface area contributed by atoms with E-state index in [0.29, 0.717) is 13.1 Å². The standard InChI is InChI=1S/C23H24N4O2/c1-17(2)27(16-18-9-4-3-5-10-18)23(29)21-13-8-12-20(26-21)22(28)25-15-19-11-6-7-14-24-19/h3-14,17H,15-16H2,1-2H3,(H,25,28). The van der Waals surface area contributed by atoms with Gasteiger partial charge < -0.3 is 10.2 Å². The van der Waals surface area contributed by atoms with Gasteiger partial charge in [-0.25, -0.2) is 4.98 Å². The van der Waals surface area contributed by atoms with Gasteiger partial charge in [0.1, 0.15) is 11.4 Å². The Labute approximate surface area is 170 Å². The molecule has 0 radical (unpaired) electrons. The molecule has 29 heavy (non-hydrogen) atoms. The summed E-state index contributed by atoms with van der Waals surface area (Å²) < 4.78 is 0. The van der Waals surface area contributed by atoms with Gasteiger partial charge in [-0.05, 0) is 43.7 Å². The maximum absolute atomic E-state index is 13.1. The van der Waals surface area contributed by atoms with Crippen molar-refractivity contribution in [2.24, 2.45) is 0 Å². The first-order valence-electron chi connectivity index (χ1n) is 9.54. The fourth-order valence-electron chi connectivity index (χ4n) is 2.86. The molecule has 0 unspecified atom stereocenters. The molecular formula is C23H24N4O2. The van der Waals surface area contributed by atoms with Crippen LogP contribution in [0.4, 0.5) is 0 Å². The molecule has 3 aromatic rings. The molecule has 148 valence electrons. The molecule has 0 aliphatic rings. The van der Waals surface area contributed by atoms with Crippen molar-refractivity contribution in [3.63, 3.8) is 0 Å². The topological polar surface area (TPSA) is 75.2 Å². The van der Waals surface area contributed by atoms with Gasteiger partial charge in [0.2, 0.25) is 0 Å². The molecule has 2 heterocycles. The number of amides is 2. The lowest BCUT2D eigenvalue weighted by atomic mass is 10.1. The van der Waals surface area contributed by atoms with E-state index in [-0.39, 0.29) is 29.2 Å². The quantitative estimate of drug-likeness (QED) is 0.673. The van der Waals surface area contributed by atoms with E-state index in [4.69, 9.17) is 0 Å². The number of nitrogens with one attached hydrogen (secondary N) is 1. The normalized spacial score (nSPS) is 10.6. The van der Waals surface area contributed by atoms with Crippen molar-refractivity contribution >= 4 is 11.8 Å². The minimum absolute atomic E-state index is 0.00820. The summed E-state index contributed by atoms with van der Waals surface area (Å²) >= 11 is 0. The summed E-state index contributed by atoms with van der Waals surface area (Å²) in [5, 5.41) is 2.78. The molecule has 1 aromatic carbocycles. The van der Waals surface area contributed by atoms with Gasteiger partial charge in [-0.15, -0.1) is 0 Å². The van der Waals surface area contributed by atoms with Gasteiger partial charge in [0.25, 0.3) is 11.8 Å². The SMILES string of the molecule is CC(C)N(Cc1ccccc1)C(=O)c1cccc(C(=O)NCc2ccccn2)n1. The van der Waals surface area contributed by atoms with Crippen LogP contribution in [0.5, 0.6) is 0 Å². The lowest BCUT2D eigenvalue weighted by Gasteiger charge is -2.26. The fraction of sp³-hybridized carbons (Fsp3) is 0.217. The Morgan fingerprint density at radius 2 is 1.66 bits per heavy atom. The van der Waals surface area contributed by atoms with Crippen LogP contribution < -0.4 is 5.32 Å². The van der Waals surface area contributed by atoms with Crippen LogP contribution in [0.2, 0.25) is 0 Å². The molecule has 1 N–H and O–H groups in total. The van der Waals surface area contributed by atoms with E-state index in [1.165, 1.54) is 0 Å². The third kappa shape index (κ3) is 5.48. The highest BCUT2D eigenvalue weighted by atomic mass is 16.2. The number of benzene rings is 1. The highest BCUT2D eigenvalue weighted by Crippen LogP contribution is 2.13. The first-order chi connectivity index (χ1) is 14.0. The van der Waals surface area contributed by atoms with Crippen LogP contribution in [0.15, 0.2) is 72.9 Å². The molecule has 2 aromatic heterocycles. The molecule has 0 atom stereocenters. The van der Waals surface area contributed by atoms with Gasteiger partial charge in [-0.1, -0.05) is 42.5 Å². The van der Waals surface area contributed by atoms with Crippen LogP contribution in [-0.2, 0) is 13.1 Å². The Kier molecular flexibility index (Phi) is 6.68. The summed E-state index contributed by atoms with van der Waals surface area (Å²) in [6.07, 6.45) is 1.67. The number of hydrogen-bond donors (Lipinski definition) is 1. The van der Waals surface area contributed by atoms with Crippen molar-refractivity contribution in [1.29, 1.82) is 0 Å². The predicted octanol–water partition coefficient (Wildman–Crippen LogP) is 3.46. The Balaban J connectivity index is 1.72. The largest absolute Gasteiger partial charge is 0.345 e. The van der Waals surface area contributed by atoms with Crippen LogP contribution in [0, 0.1) is 0 Å². The first-order valence-corrected chi connectivity index (χ1v) is 9.54. The fourth-order valence-corrected chi connectivity index (χ4v) is 2.86. The zero-order valence-corrected chi connectivity index (χ0v) is 16.6. The van der Waals surface area contributed by atoms with Gasteiger partial charge in [0.15, 0.2) is 0 Å². The average molecular weight is 388 g/mol. The van der Waals surface area contributed by atoms with Crippen LogP contribution >= 0.6 is 0 Å². The van der Waals surface area contributed by atoms with Crippen molar-refractivity contribution in [3.05, 3.63) is 95.6 Å².